The second kappa shape index (κ2) is 11.2. The molecule has 1 heterocycles. The Bertz CT molecular complexity index is 1080. The Morgan fingerprint density at radius 2 is 1.51 bits per heavy atom. The van der Waals surface area contributed by atoms with Gasteiger partial charge in [-0.2, -0.15) is 0 Å². The molecule has 35 heavy (non-hydrogen) atoms. The van der Waals surface area contributed by atoms with Crippen molar-refractivity contribution >= 4 is 5.97 Å². The van der Waals surface area contributed by atoms with Crippen LogP contribution in [0.2, 0.25) is 0 Å². The Labute approximate surface area is 208 Å². The van der Waals surface area contributed by atoms with Gasteiger partial charge < -0.3 is 10.1 Å². The van der Waals surface area contributed by atoms with Crippen LogP contribution in [-0.4, -0.2) is 25.7 Å². The number of rotatable bonds is 9. The number of carbonyl (C=O) groups excluding carboxylic acids is 1. The number of carbonyl (C=O) groups is 1. The van der Waals surface area contributed by atoms with E-state index in [0.717, 1.165) is 25.1 Å². The third-order valence-corrected chi connectivity index (χ3v) is 6.89. The molecular formula is C31H36FNO2. The van der Waals surface area contributed by atoms with Crippen molar-refractivity contribution in [3.8, 4) is 5.75 Å². The largest absolute Gasteiger partial charge is 0.426 e. The van der Waals surface area contributed by atoms with Crippen molar-refractivity contribution in [2.45, 2.75) is 51.4 Å². The zero-order valence-electron chi connectivity index (χ0n) is 21.0. The molecule has 1 fully saturated rings. The molecule has 0 radical (unpaired) electrons. The molecule has 1 N–H and O–H groups in total. The molecule has 3 aromatic carbocycles. The number of nitrogens with one attached hydrogen (secondary N) is 1. The van der Waals surface area contributed by atoms with Crippen molar-refractivity contribution in [2.24, 2.45) is 5.41 Å². The van der Waals surface area contributed by atoms with E-state index in [1.165, 1.54) is 16.7 Å². The molecule has 0 bridgehead atoms. The lowest BCUT2D eigenvalue weighted by Gasteiger charge is -2.31. The lowest BCUT2D eigenvalue weighted by Crippen LogP contribution is -2.39. The Morgan fingerprint density at radius 3 is 2.03 bits per heavy atom. The zero-order chi connectivity index (χ0) is 24.8. The summed E-state index contributed by atoms with van der Waals surface area (Å²) >= 11 is 0. The highest BCUT2D eigenvalue weighted by Gasteiger charge is 2.28. The quantitative estimate of drug-likeness (QED) is 0.269. The Balaban J connectivity index is 1.69. The molecule has 2 atom stereocenters. The van der Waals surface area contributed by atoms with Crippen molar-refractivity contribution in [1.82, 2.24) is 5.32 Å². The van der Waals surface area contributed by atoms with Gasteiger partial charge >= 0.3 is 5.97 Å². The van der Waals surface area contributed by atoms with Crippen LogP contribution in [0.25, 0.3) is 0 Å². The maximum absolute atomic E-state index is 13.3. The number of benzene rings is 3. The van der Waals surface area contributed by atoms with Gasteiger partial charge in [-0.05, 0) is 73.9 Å². The van der Waals surface area contributed by atoms with Crippen LogP contribution in [0.5, 0.6) is 5.75 Å². The number of hydrogen-bond acceptors (Lipinski definition) is 3. The summed E-state index contributed by atoms with van der Waals surface area (Å²) in [6.07, 6.45) is 1.27. The highest BCUT2D eigenvalue weighted by atomic mass is 19.1. The van der Waals surface area contributed by atoms with Gasteiger partial charge in [0, 0.05) is 24.9 Å². The third-order valence-electron chi connectivity index (χ3n) is 6.89. The molecule has 0 amide bonds. The first-order valence-electron chi connectivity index (χ1n) is 12.6. The zero-order valence-corrected chi connectivity index (χ0v) is 21.0. The molecular weight excluding hydrogens is 437 g/mol. The standard InChI is InChI=1S/C31H36FNO2/c1-31(2,3)30(34)35-27-17-15-25(16-18-27)29(24-13-11-22(12-14-24)26-20-33-21-26)28(10-7-19-32)23-8-5-4-6-9-23/h4-6,8-9,11-18,26,28-29,33H,7,10,19-21H2,1-3H3. The summed E-state index contributed by atoms with van der Waals surface area (Å²) in [7, 11) is 0. The molecule has 4 heteroatoms. The molecule has 0 saturated carbocycles. The maximum atomic E-state index is 13.3. The average Bonchev–Trinajstić information content (AvgIpc) is 2.82. The van der Waals surface area contributed by atoms with Crippen molar-refractivity contribution in [1.29, 1.82) is 0 Å². The van der Waals surface area contributed by atoms with Crippen molar-refractivity contribution < 1.29 is 13.9 Å². The van der Waals surface area contributed by atoms with Crippen LogP contribution in [0.15, 0.2) is 78.9 Å². The highest BCUT2D eigenvalue weighted by molar-refractivity contribution is 5.77. The summed E-state index contributed by atoms with van der Waals surface area (Å²) < 4.78 is 18.9. The highest BCUT2D eigenvalue weighted by Crippen LogP contribution is 2.42. The smallest absolute Gasteiger partial charge is 0.316 e. The summed E-state index contributed by atoms with van der Waals surface area (Å²) in [5.74, 6) is 1.06. The lowest BCUT2D eigenvalue weighted by atomic mass is 9.74. The van der Waals surface area contributed by atoms with E-state index in [2.05, 4.69) is 53.8 Å². The van der Waals surface area contributed by atoms with E-state index in [9.17, 15) is 9.18 Å². The molecule has 3 aromatic rings. The van der Waals surface area contributed by atoms with E-state index in [4.69, 9.17) is 4.74 Å². The Kier molecular flexibility index (Phi) is 8.02. The molecule has 2 unspecified atom stereocenters. The van der Waals surface area contributed by atoms with E-state index < -0.39 is 5.41 Å². The minimum absolute atomic E-state index is 0.0601. The average molecular weight is 474 g/mol. The van der Waals surface area contributed by atoms with Gasteiger partial charge in [-0.25, -0.2) is 0 Å². The topological polar surface area (TPSA) is 38.3 Å². The summed E-state index contributed by atoms with van der Waals surface area (Å²) in [5.41, 5.74) is 4.35. The van der Waals surface area contributed by atoms with Crippen LogP contribution in [-0.2, 0) is 4.79 Å². The number of ether oxygens (including phenoxy) is 1. The fourth-order valence-electron chi connectivity index (χ4n) is 4.68. The number of halogens is 1. The van der Waals surface area contributed by atoms with Gasteiger partial charge in [-0.15, -0.1) is 0 Å². The van der Waals surface area contributed by atoms with E-state index in [0.29, 0.717) is 18.1 Å². The monoisotopic (exact) mass is 473 g/mol. The van der Waals surface area contributed by atoms with Gasteiger partial charge in [-0.3, -0.25) is 9.18 Å². The molecule has 184 valence electrons. The Morgan fingerprint density at radius 1 is 0.914 bits per heavy atom. The van der Waals surface area contributed by atoms with Crippen LogP contribution in [0.1, 0.15) is 73.6 Å². The van der Waals surface area contributed by atoms with Crippen LogP contribution in [0.3, 0.4) is 0 Å². The van der Waals surface area contributed by atoms with Gasteiger partial charge in [0.2, 0.25) is 0 Å². The second-order valence-corrected chi connectivity index (χ2v) is 10.6. The van der Waals surface area contributed by atoms with Crippen LogP contribution >= 0.6 is 0 Å². The van der Waals surface area contributed by atoms with E-state index >= 15 is 0 Å². The fraction of sp³-hybridized carbons (Fsp3) is 0.387. The summed E-state index contributed by atoms with van der Waals surface area (Å²) in [5, 5.41) is 3.34. The second-order valence-electron chi connectivity index (χ2n) is 10.6. The van der Waals surface area contributed by atoms with Gasteiger partial charge in [0.15, 0.2) is 0 Å². The van der Waals surface area contributed by atoms with Gasteiger partial charge in [0.05, 0.1) is 12.1 Å². The first-order valence-corrected chi connectivity index (χ1v) is 12.6. The van der Waals surface area contributed by atoms with Crippen molar-refractivity contribution in [2.75, 3.05) is 19.8 Å². The number of hydrogen-bond donors (Lipinski definition) is 1. The number of alkyl halides is 1. The van der Waals surface area contributed by atoms with Crippen molar-refractivity contribution in [3.63, 3.8) is 0 Å². The van der Waals surface area contributed by atoms with Gasteiger partial charge in [0.25, 0.3) is 0 Å². The van der Waals surface area contributed by atoms with Crippen LogP contribution < -0.4 is 10.1 Å². The third kappa shape index (κ3) is 6.18. The number of esters is 1. The molecule has 0 aliphatic carbocycles. The maximum Gasteiger partial charge on any atom is 0.316 e. The van der Waals surface area contributed by atoms with E-state index in [-0.39, 0.29) is 24.5 Å². The molecule has 0 aromatic heterocycles. The van der Waals surface area contributed by atoms with Gasteiger partial charge in [0.1, 0.15) is 5.75 Å². The normalized spacial score (nSPS) is 15.8. The fourth-order valence-corrected chi connectivity index (χ4v) is 4.68. The predicted octanol–water partition coefficient (Wildman–Crippen LogP) is 6.99. The first kappa shape index (κ1) is 25.1. The van der Waals surface area contributed by atoms with Crippen molar-refractivity contribution in [3.05, 3.63) is 101 Å². The van der Waals surface area contributed by atoms with E-state index in [1.807, 2.05) is 51.1 Å². The molecule has 1 aliphatic heterocycles. The summed E-state index contributed by atoms with van der Waals surface area (Å²) in [4.78, 5) is 12.3. The Hall–Kier alpha value is -2.98. The molecule has 3 nitrogen and oxygen atoms in total. The van der Waals surface area contributed by atoms with Crippen LogP contribution in [0, 0.1) is 5.41 Å². The molecule has 0 spiro atoms. The predicted molar refractivity (Wildman–Crippen MR) is 140 cm³/mol. The summed E-state index contributed by atoms with van der Waals surface area (Å²) in [6.45, 7) is 7.27. The minimum Gasteiger partial charge on any atom is -0.426 e. The molecule has 1 aliphatic rings. The van der Waals surface area contributed by atoms with Gasteiger partial charge in [-0.1, -0.05) is 66.7 Å². The molecule has 1 saturated heterocycles. The lowest BCUT2D eigenvalue weighted by molar-refractivity contribution is -0.143. The SMILES string of the molecule is CC(C)(C)C(=O)Oc1ccc(C(c2ccc(C3CNC3)cc2)C(CCCF)c2ccccc2)cc1. The minimum atomic E-state index is -0.566. The summed E-state index contributed by atoms with van der Waals surface area (Å²) in [6, 6.07) is 27.2. The van der Waals surface area contributed by atoms with Crippen LogP contribution in [0.4, 0.5) is 4.39 Å². The first-order chi connectivity index (χ1) is 16.9. The molecule has 4 rings (SSSR count). The van der Waals surface area contributed by atoms with E-state index in [1.54, 1.807) is 0 Å².